The summed E-state index contributed by atoms with van der Waals surface area (Å²) in [5.74, 6) is 12.5. The Morgan fingerprint density at radius 1 is 0.880 bits per heavy atom. The van der Waals surface area contributed by atoms with Gasteiger partial charge >= 0.3 is 0 Å². The fourth-order valence-electron chi connectivity index (χ4n) is 2.79. The Kier molecular flexibility index (Phi) is 9.70. The molecule has 2 fully saturated rings. The first-order chi connectivity index (χ1) is 12.3. The third kappa shape index (κ3) is 8.08. The Morgan fingerprint density at radius 3 is 1.92 bits per heavy atom. The van der Waals surface area contributed by atoms with Crippen LogP contribution in [0.5, 0.6) is 0 Å². The molecule has 4 nitrogen and oxygen atoms in total. The highest BCUT2D eigenvalue weighted by Crippen LogP contribution is 2.14. The van der Waals surface area contributed by atoms with Crippen LogP contribution in [0.4, 0.5) is 0 Å². The van der Waals surface area contributed by atoms with Gasteiger partial charge in [-0.25, -0.2) is 0 Å². The van der Waals surface area contributed by atoms with Crippen LogP contribution in [0.3, 0.4) is 0 Å². The Bertz CT molecular complexity index is 532. The molecule has 2 aliphatic rings. The zero-order valence-corrected chi connectivity index (χ0v) is 15.6. The van der Waals surface area contributed by atoms with Crippen molar-refractivity contribution in [1.29, 1.82) is 0 Å². The fraction of sp³-hybridized carbons (Fsp3) is 0.714. The van der Waals surface area contributed by atoms with Crippen molar-refractivity contribution in [1.82, 2.24) is 0 Å². The molecule has 2 saturated heterocycles. The summed E-state index contributed by atoms with van der Waals surface area (Å²) in [6, 6.07) is 0. The van der Waals surface area contributed by atoms with E-state index in [9.17, 15) is 0 Å². The van der Waals surface area contributed by atoms with Crippen LogP contribution in [-0.4, -0.2) is 39.0 Å². The number of ether oxygens (including phenoxy) is 4. The molecule has 4 heteroatoms. The zero-order chi connectivity index (χ0) is 17.7. The van der Waals surface area contributed by atoms with E-state index in [1.54, 1.807) is 0 Å². The molecule has 0 N–H and O–H groups in total. The van der Waals surface area contributed by atoms with Crippen LogP contribution in [-0.2, 0) is 18.9 Å². The number of allylic oxidation sites excluding steroid dienone is 2. The topological polar surface area (TPSA) is 36.9 Å². The molecular formula is C21H30O4. The smallest absolute Gasteiger partial charge is 0.158 e. The molecular weight excluding hydrogens is 316 g/mol. The second-order valence-corrected chi connectivity index (χ2v) is 6.27. The maximum absolute atomic E-state index is 5.63. The van der Waals surface area contributed by atoms with Gasteiger partial charge in [-0.1, -0.05) is 30.6 Å². The molecule has 2 unspecified atom stereocenters. The number of hydrogen-bond acceptors (Lipinski definition) is 4. The highest BCUT2D eigenvalue weighted by Gasteiger charge is 2.13. The lowest BCUT2D eigenvalue weighted by molar-refractivity contribution is -0.154. The molecule has 0 radical (unpaired) electrons. The van der Waals surface area contributed by atoms with E-state index >= 15 is 0 Å². The van der Waals surface area contributed by atoms with Crippen molar-refractivity contribution >= 4 is 0 Å². The summed E-state index contributed by atoms with van der Waals surface area (Å²) in [5.41, 5.74) is 2.05. The van der Waals surface area contributed by atoms with Crippen LogP contribution >= 0.6 is 0 Å². The molecule has 0 aliphatic carbocycles. The molecule has 0 aromatic rings. The van der Waals surface area contributed by atoms with Crippen LogP contribution < -0.4 is 0 Å². The van der Waals surface area contributed by atoms with Gasteiger partial charge in [-0.05, 0) is 51.9 Å². The molecule has 0 aromatic heterocycles. The predicted molar refractivity (Wildman–Crippen MR) is 97.6 cm³/mol. The van der Waals surface area contributed by atoms with Gasteiger partial charge in [0.2, 0.25) is 0 Å². The normalized spacial score (nSPS) is 24.4. The fourth-order valence-corrected chi connectivity index (χ4v) is 2.79. The standard InChI is InChI=1S/C21H30O4/c1-3-19(11-9-17-25-21-13-5-7-15-23-21)18(2)10-8-16-24-20-12-4-6-14-22-20/h20-21H,3-7,12-17H2,1-2H3/b19-18-. The van der Waals surface area contributed by atoms with Crippen LogP contribution in [0.2, 0.25) is 0 Å². The van der Waals surface area contributed by atoms with Crippen LogP contribution in [0, 0.1) is 23.7 Å². The van der Waals surface area contributed by atoms with Crippen molar-refractivity contribution in [2.75, 3.05) is 26.4 Å². The van der Waals surface area contributed by atoms with Gasteiger partial charge in [-0.15, -0.1) is 0 Å². The van der Waals surface area contributed by atoms with Gasteiger partial charge in [0.1, 0.15) is 13.2 Å². The van der Waals surface area contributed by atoms with Gasteiger partial charge in [-0.2, -0.15) is 0 Å². The summed E-state index contributed by atoms with van der Waals surface area (Å²) in [7, 11) is 0. The lowest BCUT2D eigenvalue weighted by atomic mass is 10.1. The van der Waals surface area contributed by atoms with E-state index in [0.717, 1.165) is 56.5 Å². The van der Waals surface area contributed by atoms with Gasteiger partial charge in [0.15, 0.2) is 12.6 Å². The number of rotatable bonds is 5. The Labute approximate surface area is 152 Å². The summed E-state index contributed by atoms with van der Waals surface area (Å²) in [5, 5.41) is 0. The summed E-state index contributed by atoms with van der Waals surface area (Å²) < 4.78 is 22.3. The van der Waals surface area contributed by atoms with Gasteiger partial charge < -0.3 is 18.9 Å². The van der Waals surface area contributed by atoms with Crippen molar-refractivity contribution in [3.63, 3.8) is 0 Å². The molecule has 2 atom stereocenters. The second kappa shape index (κ2) is 12.1. The van der Waals surface area contributed by atoms with E-state index in [-0.39, 0.29) is 12.6 Å². The Hall–Kier alpha value is -1.30. The SMILES string of the molecule is CC/C(C#CCOC1CCCCO1)=C(\C)C#CCOC1CCCCO1. The highest BCUT2D eigenvalue weighted by molar-refractivity contribution is 5.41. The third-order valence-electron chi connectivity index (χ3n) is 4.28. The molecule has 0 aromatic carbocycles. The molecule has 0 bridgehead atoms. The minimum absolute atomic E-state index is 0.0860. The Morgan fingerprint density at radius 2 is 1.44 bits per heavy atom. The molecule has 138 valence electrons. The molecule has 2 heterocycles. The summed E-state index contributed by atoms with van der Waals surface area (Å²) in [6.07, 6.45) is 7.21. The van der Waals surface area contributed by atoms with Crippen molar-refractivity contribution in [3.05, 3.63) is 11.1 Å². The van der Waals surface area contributed by atoms with E-state index < -0.39 is 0 Å². The zero-order valence-electron chi connectivity index (χ0n) is 15.6. The molecule has 25 heavy (non-hydrogen) atoms. The van der Waals surface area contributed by atoms with E-state index in [0.29, 0.717) is 13.2 Å². The predicted octanol–water partition coefficient (Wildman–Crippen LogP) is 3.81. The maximum Gasteiger partial charge on any atom is 0.158 e. The Balaban J connectivity index is 1.74. The summed E-state index contributed by atoms with van der Waals surface area (Å²) in [6.45, 7) is 6.47. The molecule has 0 spiro atoms. The minimum Gasteiger partial charge on any atom is -0.353 e. The molecule has 2 aliphatic heterocycles. The number of hydrogen-bond donors (Lipinski definition) is 0. The second-order valence-electron chi connectivity index (χ2n) is 6.27. The van der Waals surface area contributed by atoms with Crippen LogP contribution in [0.1, 0.15) is 58.8 Å². The molecule has 2 rings (SSSR count). The lowest BCUT2D eigenvalue weighted by Gasteiger charge is -2.21. The first kappa shape index (κ1) is 20.0. The lowest BCUT2D eigenvalue weighted by Crippen LogP contribution is -2.22. The van der Waals surface area contributed by atoms with Gasteiger partial charge in [0, 0.05) is 24.4 Å². The molecule has 0 saturated carbocycles. The largest absolute Gasteiger partial charge is 0.353 e. The van der Waals surface area contributed by atoms with Gasteiger partial charge in [-0.3, -0.25) is 0 Å². The quantitative estimate of drug-likeness (QED) is 0.710. The van der Waals surface area contributed by atoms with E-state index in [1.165, 1.54) is 12.8 Å². The third-order valence-corrected chi connectivity index (χ3v) is 4.28. The van der Waals surface area contributed by atoms with E-state index in [4.69, 9.17) is 18.9 Å². The van der Waals surface area contributed by atoms with E-state index in [2.05, 4.69) is 30.6 Å². The first-order valence-corrected chi connectivity index (χ1v) is 9.43. The summed E-state index contributed by atoms with van der Waals surface area (Å²) in [4.78, 5) is 0. The van der Waals surface area contributed by atoms with Gasteiger partial charge in [0.25, 0.3) is 0 Å². The van der Waals surface area contributed by atoms with Crippen molar-refractivity contribution in [2.24, 2.45) is 0 Å². The van der Waals surface area contributed by atoms with Crippen molar-refractivity contribution in [2.45, 2.75) is 71.4 Å². The average molecular weight is 346 g/mol. The summed E-state index contributed by atoms with van der Waals surface area (Å²) >= 11 is 0. The minimum atomic E-state index is -0.0862. The average Bonchev–Trinajstić information content (AvgIpc) is 2.67. The van der Waals surface area contributed by atoms with Crippen LogP contribution in [0.25, 0.3) is 0 Å². The van der Waals surface area contributed by atoms with Gasteiger partial charge in [0.05, 0.1) is 0 Å². The van der Waals surface area contributed by atoms with Crippen molar-refractivity contribution in [3.8, 4) is 23.7 Å². The van der Waals surface area contributed by atoms with Crippen LogP contribution in [0.15, 0.2) is 11.1 Å². The maximum atomic E-state index is 5.63. The van der Waals surface area contributed by atoms with Crippen molar-refractivity contribution < 1.29 is 18.9 Å². The highest BCUT2D eigenvalue weighted by atomic mass is 16.7. The monoisotopic (exact) mass is 346 g/mol. The molecule has 0 amide bonds. The van der Waals surface area contributed by atoms with E-state index in [1.807, 2.05) is 6.92 Å². The first-order valence-electron chi connectivity index (χ1n) is 9.43.